The number of carbonyl (C=O) groups is 9. The van der Waals surface area contributed by atoms with Gasteiger partial charge in [0, 0.05) is 88.1 Å². The normalized spacial score (nSPS) is 23.8. The predicted octanol–water partition coefficient (Wildman–Crippen LogP) is 13.0. The molecule has 123 heavy (non-hydrogen) atoms. The number of benzene rings is 1. The highest BCUT2D eigenvalue weighted by molar-refractivity contribution is 6.03. The molecule has 11 N–H and O–H groups in total. The van der Waals surface area contributed by atoms with E-state index in [2.05, 4.69) is 0 Å². The third-order valence-electron chi connectivity index (χ3n) is 27.4. The molecule has 6 aliphatic rings. The topological polar surface area (TPSA) is 391 Å². The summed E-state index contributed by atoms with van der Waals surface area (Å²) in [5.74, 6) is -7.98. The zero-order chi connectivity index (χ0) is 93.1. The van der Waals surface area contributed by atoms with E-state index in [0.717, 1.165) is 0 Å². The maximum atomic E-state index is 15.3. The van der Waals surface area contributed by atoms with Gasteiger partial charge in [0.2, 0.25) is 0 Å². The van der Waals surface area contributed by atoms with E-state index in [0.29, 0.717) is 89.9 Å². The van der Waals surface area contributed by atoms with Crippen LogP contribution in [-0.2, 0) is 71.4 Å². The Morgan fingerprint density at radius 2 is 0.431 bits per heavy atom. The number of rotatable bonds is 36. The van der Waals surface area contributed by atoms with Crippen molar-refractivity contribution in [3.05, 3.63) is 34.9 Å². The van der Waals surface area contributed by atoms with Crippen molar-refractivity contribution in [2.24, 2.45) is 16.2 Å². The highest BCUT2D eigenvalue weighted by Crippen LogP contribution is 2.49. The third-order valence-corrected chi connectivity index (χ3v) is 27.4. The molecule has 7 rings (SSSR count). The van der Waals surface area contributed by atoms with Crippen molar-refractivity contribution in [1.82, 2.24) is 30.4 Å². The first kappa shape index (κ1) is 104. The number of piperidine rings is 6. The van der Waals surface area contributed by atoms with E-state index in [1.54, 1.807) is 0 Å². The van der Waals surface area contributed by atoms with E-state index in [1.165, 1.54) is 48.6 Å². The second-order valence-corrected chi connectivity index (χ2v) is 44.4. The maximum absolute atomic E-state index is 15.3. The Morgan fingerprint density at radius 1 is 0.285 bits per heavy atom. The van der Waals surface area contributed by atoms with Gasteiger partial charge in [0.15, 0.2) is 16.2 Å². The minimum atomic E-state index is -1.93. The second-order valence-electron chi connectivity index (χ2n) is 44.4. The molecular weight excluding hydrogens is 1590 g/mol. The van der Waals surface area contributed by atoms with Crippen LogP contribution in [0.25, 0.3) is 0 Å². The van der Waals surface area contributed by atoms with E-state index in [9.17, 15) is 19.6 Å². The highest BCUT2D eigenvalue weighted by Gasteiger charge is 2.61. The van der Waals surface area contributed by atoms with Crippen molar-refractivity contribution in [2.45, 2.75) is 463 Å². The van der Waals surface area contributed by atoms with E-state index in [1.807, 2.05) is 187 Å². The van der Waals surface area contributed by atoms with Crippen LogP contribution in [0.2, 0.25) is 0 Å². The van der Waals surface area contributed by atoms with Crippen molar-refractivity contribution in [1.29, 1.82) is 0 Å². The molecule has 0 saturated carbocycles. The zero-order valence-corrected chi connectivity index (χ0v) is 79.9. The summed E-state index contributed by atoms with van der Waals surface area (Å²) >= 11 is 0. The SMILES string of the molecule is CCCCC(CCCOC(=O)c1cc(C(=O)OCCCC(CCCC)(C(=O)OC2CC(C)(C)N([OH2+])C(C)(C)C2)C(=O)OC2CC(C)(C)N([OH2+])C(C)(C)C2)cc(C(=O)OCCCC(CCCC)(C(=O)OC2CC(C)(C)N([OH2+])C(C)(C)C2)C(=O)OC2CC(C)(C)N([OH2+])C(C)(C)C2)c1)(C(=O)OC1CC(C)(C)N(O)C(C)(C)C1)C(=O)OC1CC(C)(C)N([OH2+])C(C)(C)C1. The lowest BCUT2D eigenvalue weighted by Gasteiger charge is -2.51. The molecule has 702 valence electrons. The molecule has 6 aliphatic heterocycles. The van der Waals surface area contributed by atoms with Crippen LogP contribution in [-0.4, -0.2) is 238 Å². The number of carbonyl (C=O) groups excluding carboxylic acids is 9. The lowest BCUT2D eigenvalue weighted by Crippen LogP contribution is -2.61. The summed E-state index contributed by atoms with van der Waals surface area (Å²) < 4.78 is 56.8. The Balaban J connectivity index is 1.24. The van der Waals surface area contributed by atoms with Crippen LogP contribution in [0, 0.1) is 16.2 Å². The van der Waals surface area contributed by atoms with Gasteiger partial charge in [0.05, 0.1) is 91.9 Å². The van der Waals surface area contributed by atoms with Gasteiger partial charge in [-0.1, -0.05) is 84.6 Å². The molecule has 0 amide bonds. The van der Waals surface area contributed by atoms with Crippen LogP contribution in [0.15, 0.2) is 18.2 Å². The van der Waals surface area contributed by atoms with Crippen molar-refractivity contribution in [3.8, 4) is 0 Å². The summed E-state index contributed by atoms with van der Waals surface area (Å²) in [5, 5.41) is 64.9. The van der Waals surface area contributed by atoms with Gasteiger partial charge in [-0.15, -0.1) is 0 Å². The van der Waals surface area contributed by atoms with Crippen LogP contribution in [0.5, 0.6) is 0 Å². The molecule has 1 aromatic rings. The lowest BCUT2D eigenvalue weighted by atomic mass is 9.77. The summed E-state index contributed by atoms with van der Waals surface area (Å²) in [6.07, 6.45) is 1.21. The van der Waals surface area contributed by atoms with Gasteiger partial charge >= 0.3 is 53.7 Å². The fourth-order valence-electron chi connectivity index (χ4n) is 21.3. The van der Waals surface area contributed by atoms with E-state index in [-0.39, 0.29) is 100 Å². The Bertz CT molecular complexity index is 3200. The molecule has 6 saturated heterocycles. The largest absolute Gasteiger partial charge is 0.462 e. The Hall–Kier alpha value is -6.03. The summed E-state index contributed by atoms with van der Waals surface area (Å²) in [6.45, 7) is 49.8. The molecule has 0 bridgehead atoms. The number of hydrogen-bond acceptors (Lipinski definition) is 25. The molecular formula is C93H161N6O24+5. The van der Waals surface area contributed by atoms with Crippen molar-refractivity contribution >= 4 is 53.7 Å². The van der Waals surface area contributed by atoms with Gasteiger partial charge < -0.3 is 73.9 Å². The third kappa shape index (κ3) is 24.3. The van der Waals surface area contributed by atoms with Gasteiger partial charge in [0.1, 0.15) is 36.6 Å². The molecule has 1 atom stereocenters. The molecule has 0 spiro atoms. The van der Waals surface area contributed by atoms with Crippen LogP contribution >= 0.6 is 0 Å². The van der Waals surface area contributed by atoms with Crippen molar-refractivity contribution in [3.63, 3.8) is 0 Å². The summed E-state index contributed by atoms with van der Waals surface area (Å²) in [5.41, 5.74) is -15.7. The molecule has 0 radical (unpaired) electrons. The monoisotopic (exact) mass is 1750 g/mol. The smallest absolute Gasteiger partial charge is 0.338 e. The van der Waals surface area contributed by atoms with Crippen LogP contribution in [0.1, 0.15) is 391 Å². The van der Waals surface area contributed by atoms with Gasteiger partial charge in [-0.25, -0.2) is 14.4 Å². The quantitative estimate of drug-likeness (QED) is 0.0214. The van der Waals surface area contributed by atoms with Gasteiger partial charge in [-0.05, 0) is 242 Å². The number of esters is 9. The fourth-order valence-corrected chi connectivity index (χ4v) is 21.3. The van der Waals surface area contributed by atoms with Crippen LogP contribution < -0.4 is 0 Å². The lowest BCUT2D eigenvalue weighted by molar-refractivity contribution is -0.263. The predicted molar refractivity (Wildman–Crippen MR) is 465 cm³/mol. The van der Waals surface area contributed by atoms with Crippen molar-refractivity contribution < 1.29 is 117 Å². The number of ether oxygens (including phenoxy) is 9. The van der Waals surface area contributed by atoms with Crippen molar-refractivity contribution in [2.75, 3.05) is 19.8 Å². The molecule has 0 aromatic heterocycles. The minimum absolute atomic E-state index is 0.00314. The minimum Gasteiger partial charge on any atom is -0.462 e. The average Bonchev–Trinajstić information content (AvgIpc) is 0.764. The highest BCUT2D eigenvalue weighted by atomic mass is 16.6. The fraction of sp³-hybridized carbons (Fsp3) is 0.839. The first-order chi connectivity index (χ1) is 56.3. The summed E-state index contributed by atoms with van der Waals surface area (Å²) in [6, 6.07) is 3.53. The number of unbranched alkanes of at least 4 members (excludes halogenated alkanes) is 3. The van der Waals surface area contributed by atoms with Gasteiger partial charge in [-0.3, -0.25) is 28.8 Å². The first-order valence-corrected chi connectivity index (χ1v) is 45.3. The van der Waals surface area contributed by atoms with Gasteiger partial charge in [0.25, 0.3) is 0 Å². The molecule has 30 nitrogen and oxygen atoms in total. The zero-order valence-electron chi connectivity index (χ0n) is 79.9. The van der Waals surface area contributed by atoms with E-state index in [4.69, 9.17) is 68.7 Å². The van der Waals surface area contributed by atoms with E-state index >= 15 is 28.8 Å². The molecule has 6 heterocycles. The summed E-state index contributed by atoms with van der Waals surface area (Å²) in [7, 11) is 0. The number of hydroxylamine groups is 12. The molecule has 0 aliphatic carbocycles. The first-order valence-electron chi connectivity index (χ1n) is 45.3. The molecule has 30 heteroatoms. The number of nitrogens with zero attached hydrogens (tertiary/aromatic N) is 6. The van der Waals surface area contributed by atoms with Crippen LogP contribution in [0.3, 0.4) is 0 Å². The van der Waals surface area contributed by atoms with Crippen LogP contribution in [0.4, 0.5) is 0 Å². The summed E-state index contributed by atoms with van der Waals surface area (Å²) in [4.78, 5) is 137. The standard InChI is InChI=1S/C93H156N6O24/c1-28-31-37-91(73(103)118-64-49-79(4,5)94(109)80(6,7)50-64,74(104)119-65-51-81(8,9)95(110)82(10,11)52-65)40-34-43-115-70(100)61-46-62(71(101)116-44-35-41-92(38-32-29-2,75(105)120-66-53-83(12,13)96(111)84(14,15)54-66)76(106)121-67-55-85(16,17)97(112)86(18,19)56-67)48-63(47-61)72(102)117-45-36-42-93(39-33-30-3,77(107)122-68-57-87(20,21)98(113)88(22,23)58-68)78(108)123-69-59-89(24,25)99(114)90(26,27)60-69/h46-48,64-69,109-114H,28-45,49-60H2,1-27H3/p+5. The number of hydrogen-bond donors (Lipinski definition) is 1. The Morgan fingerprint density at radius 3 is 0.585 bits per heavy atom. The van der Waals surface area contributed by atoms with Gasteiger partial charge in [-0.2, -0.15) is 5.06 Å². The Labute approximate surface area is 732 Å². The molecule has 6 fully saturated rings. The molecule has 1 aromatic carbocycles. The Kier molecular flexibility index (Phi) is 33.1. The second kappa shape index (κ2) is 39.1. The molecule has 1 unspecified atom stereocenters. The van der Waals surface area contributed by atoms with E-state index < -0.39 is 193 Å². The maximum Gasteiger partial charge on any atom is 0.338 e. The average molecular weight is 1750 g/mol.